The minimum absolute atomic E-state index is 0.145. The first-order valence-electron chi connectivity index (χ1n) is 5.99. The lowest BCUT2D eigenvalue weighted by Gasteiger charge is -2.32. The molecule has 0 aromatic carbocycles. The van der Waals surface area contributed by atoms with Crippen molar-refractivity contribution in [2.45, 2.75) is 38.5 Å². The van der Waals surface area contributed by atoms with Crippen LogP contribution in [0.2, 0.25) is 0 Å². The van der Waals surface area contributed by atoms with Gasteiger partial charge in [-0.25, -0.2) is 4.98 Å². The number of aromatic nitrogens is 1. The van der Waals surface area contributed by atoms with E-state index in [4.69, 9.17) is 17.3 Å². The van der Waals surface area contributed by atoms with Crippen molar-refractivity contribution in [2.24, 2.45) is 5.41 Å². The molecule has 0 bridgehead atoms. The number of hydrogen-bond acceptors (Lipinski definition) is 2. The van der Waals surface area contributed by atoms with Gasteiger partial charge in [0.2, 0.25) is 0 Å². The van der Waals surface area contributed by atoms with Crippen molar-refractivity contribution >= 4 is 17.4 Å². The number of anilines is 1. The Morgan fingerprint density at radius 3 is 2.94 bits per heavy atom. The van der Waals surface area contributed by atoms with Gasteiger partial charge >= 0.3 is 0 Å². The summed E-state index contributed by atoms with van der Waals surface area (Å²) in [5.41, 5.74) is 8.63. The largest absolute Gasteiger partial charge is 0.383 e. The summed E-state index contributed by atoms with van der Waals surface area (Å²) in [7, 11) is 0. The highest BCUT2D eigenvalue weighted by Crippen LogP contribution is 2.38. The average Bonchev–Trinajstić information content (AvgIpc) is 2.18. The first-order chi connectivity index (χ1) is 7.96. The van der Waals surface area contributed by atoms with E-state index in [0.717, 1.165) is 24.8 Å². The number of halogens is 1. The maximum atomic E-state index is 6.28. The molecule has 2 nitrogen and oxygen atoms in total. The quantitative estimate of drug-likeness (QED) is 0.644. The molecule has 0 radical (unpaired) electrons. The Kier molecular flexibility index (Phi) is 3.43. The lowest BCUT2D eigenvalue weighted by atomic mass is 9.76. The van der Waals surface area contributed by atoms with Crippen LogP contribution in [0.4, 0.5) is 5.82 Å². The summed E-state index contributed by atoms with van der Waals surface area (Å²) >= 11 is 6.28. The van der Waals surface area contributed by atoms with Gasteiger partial charge in [-0.05, 0) is 36.3 Å². The summed E-state index contributed by atoms with van der Waals surface area (Å²) in [6.45, 7) is 4.53. The Morgan fingerprint density at radius 1 is 1.53 bits per heavy atom. The van der Waals surface area contributed by atoms with Gasteiger partial charge < -0.3 is 5.73 Å². The first-order valence-corrected chi connectivity index (χ1v) is 6.43. The van der Waals surface area contributed by atoms with E-state index in [2.05, 4.69) is 24.9 Å². The fourth-order valence-electron chi connectivity index (χ4n) is 2.55. The van der Waals surface area contributed by atoms with E-state index in [1.165, 1.54) is 5.57 Å². The van der Waals surface area contributed by atoms with E-state index in [9.17, 15) is 0 Å². The monoisotopic (exact) mass is 250 g/mol. The molecule has 1 aliphatic carbocycles. The summed E-state index contributed by atoms with van der Waals surface area (Å²) in [4.78, 5) is 4.12. The van der Waals surface area contributed by atoms with E-state index in [1.807, 2.05) is 12.1 Å². The molecule has 1 heterocycles. The van der Waals surface area contributed by atoms with Gasteiger partial charge in [-0.3, -0.25) is 0 Å². The van der Waals surface area contributed by atoms with E-state index < -0.39 is 0 Å². The average molecular weight is 251 g/mol. The number of allylic oxidation sites excluding steroid dienone is 2. The van der Waals surface area contributed by atoms with Crippen molar-refractivity contribution in [1.29, 1.82) is 0 Å². The number of nitrogens with zero attached hydrogens (tertiary/aromatic N) is 1. The van der Waals surface area contributed by atoms with Crippen LogP contribution in [0.3, 0.4) is 0 Å². The number of pyridine rings is 1. The molecule has 1 unspecified atom stereocenters. The number of alkyl halides is 1. The van der Waals surface area contributed by atoms with Crippen molar-refractivity contribution < 1.29 is 0 Å². The smallest absolute Gasteiger partial charge is 0.126 e. The highest BCUT2D eigenvalue weighted by Gasteiger charge is 2.27. The number of hydrogen-bond donors (Lipinski definition) is 1. The highest BCUT2D eigenvalue weighted by molar-refractivity contribution is 6.21. The van der Waals surface area contributed by atoms with Crippen molar-refractivity contribution in [3.8, 4) is 0 Å². The van der Waals surface area contributed by atoms with Crippen LogP contribution in [0.1, 0.15) is 32.3 Å². The Balaban J connectivity index is 2.17. The van der Waals surface area contributed by atoms with Crippen molar-refractivity contribution in [2.75, 3.05) is 5.73 Å². The molecule has 2 N–H and O–H groups in total. The van der Waals surface area contributed by atoms with E-state index in [0.29, 0.717) is 5.82 Å². The van der Waals surface area contributed by atoms with Crippen LogP contribution >= 0.6 is 11.6 Å². The maximum Gasteiger partial charge on any atom is 0.126 e. The van der Waals surface area contributed by atoms with Gasteiger partial charge in [0.05, 0.1) is 5.38 Å². The van der Waals surface area contributed by atoms with Crippen LogP contribution in [-0.4, -0.2) is 10.4 Å². The first kappa shape index (κ1) is 12.4. The molecule has 1 atom stereocenters. The zero-order chi connectivity index (χ0) is 12.5. The molecule has 3 heteroatoms. The van der Waals surface area contributed by atoms with Crippen LogP contribution in [0.5, 0.6) is 0 Å². The van der Waals surface area contributed by atoms with Gasteiger partial charge in [0, 0.05) is 6.20 Å². The van der Waals surface area contributed by atoms with Crippen LogP contribution in [0.15, 0.2) is 30.0 Å². The zero-order valence-electron chi connectivity index (χ0n) is 10.4. The second kappa shape index (κ2) is 4.69. The predicted octanol–water partition coefficient (Wildman–Crippen LogP) is 3.56. The predicted molar refractivity (Wildman–Crippen MR) is 73.1 cm³/mol. The van der Waals surface area contributed by atoms with Crippen molar-refractivity contribution in [3.05, 3.63) is 35.5 Å². The Hall–Kier alpha value is -1.02. The van der Waals surface area contributed by atoms with Crippen LogP contribution in [0.25, 0.3) is 0 Å². The molecule has 1 aliphatic rings. The van der Waals surface area contributed by atoms with Gasteiger partial charge in [0.15, 0.2) is 0 Å². The van der Waals surface area contributed by atoms with Gasteiger partial charge in [-0.15, -0.1) is 11.6 Å². The minimum atomic E-state index is 0.145. The van der Waals surface area contributed by atoms with E-state index in [-0.39, 0.29) is 10.8 Å². The summed E-state index contributed by atoms with van der Waals surface area (Å²) in [5.74, 6) is 0.628. The van der Waals surface area contributed by atoms with Crippen LogP contribution in [-0.2, 0) is 6.42 Å². The SMILES string of the molecule is CC1(C)CC(Cc2cccnc2N)=CC(Cl)C1. The lowest BCUT2D eigenvalue weighted by molar-refractivity contribution is 0.320. The Morgan fingerprint density at radius 2 is 2.29 bits per heavy atom. The topological polar surface area (TPSA) is 38.9 Å². The third kappa shape index (κ3) is 3.22. The van der Waals surface area contributed by atoms with Crippen molar-refractivity contribution in [1.82, 2.24) is 4.98 Å². The molecule has 0 saturated carbocycles. The lowest BCUT2D eigenvalue weighted by Crippen LogP contribution is -2.23. The molecule has 92 valence electrons. The van der Waals surface area contributed by atoms with Gasteiger partial charge in [0.25, 0.3) is 0 Å². The fourth-order valence-corrected chi connectivity index (χ4v) is 3.15. The Labute approximate surface area is 108 Å². The molecule has 0 fully saturated rings. The molecular weight excluding hydrogens is 232 g/mol. The Bertz CT molecular complexity index is 438. The molecule has 17 heavy (non-hydrogen) atoms. The van der Waals surface area contributed by atoms with Gasteiger partial charge in [0.1, 0.15) is 5.82 Å². The summed E-state index contributed by atoms with van der Waals surface area (Å²) in [5, 5.41) is 0.145. The summed E-state index contributed by atoms with van der Waals surface area (Å²) < 4.78 is 0. The standard InChI is InChI=1S/C14H19ClN2/c1-14(2)8-10(7-12(15)9-14)6-11-4-3-5-17-13(11)16/h3-5,7,12H,6,8-9H2,1-2H3,(H2,16,17). The fraction of sp³-hybridized carbons (Fsp3) is 0.500. The van der Waals surface area contributed by atoms with Crippen LogP contribution < -0.4 is 5.73 Å². The maximum absolute atomic E-state index is 6.28. The molecule has 1 aromatic heterocycles. The second-order valence-electron chi connectivity index (χ2n) is 5.61. The molecule has 0 saturated heterocycles. The van der Waals surface area contributed by atoms with Crippen LogP contribution in [0, 0.1) is 5.41 Å². The molecule has 0 amide bonds. The minimum Gasteiger partial charge on any atom is -0.383 e. The summed E-state index contributed by atoms with van der Waals surface area (Å²) in [6.07, 6.45) is 6.90. The molecule has 2 rings (SSSR count). The number of nitrogen functional groups attached to an aromatic ring is 1. The number of nitrogens with two attached hydrogens (primary N) is 1. The van der Waals surface area contributed by atoms with E-state index in [1.54, 1.807) is 6.20 Å². The molecular formula is C14H19ClN2. The second-order valence-corrected chi connectivity index (χ2v) is 6.17. The third-order valence-electron chi connectivity index (χ3n) is 3.21. The van der Waals surface area contributed by atoms with Gasteiger partial charge in [-0.2, -0.15) is 0 Å². The van der Waals surface area contributed by atoms with Crippen molar-refractivity contribution in [3.63, 3.8) is 0 Å². The number of rotatable bonds is 2. The third-order valence-corrected chi connectivity index (χ3v) is 3.49. The highest BCUT2D eigenvalue weighted by atomic mass is 35.5. The zero-order valence-corrected chi connectivity index (χ0v) is 11.2. The molecule has 1 aromatic rings. The normalized spacial score (nSPS) is 23.2. The van der Waals surface area contributed by atoms with Gasteiger partial charge in [-0.1, -0.05) is 31.6 Å². The molecule has 0 spiro atoms. The summed E-state index contributed by atoms with van der Waals surface area (Å²) in [6, 6.07) is 3.96. The molecule has 0 aliphatic heterocycles. The van der Waals surface area contributed by atoms with E-state index >= 15 is 0 Å².